The number of anilines is 1. The summed E-state index contributed by atoms with van der Waals surface area (Å²) in [7, 11) is 1.79. The summed E-state index contributed by atoms with van der Waals surface area (Å²) >= 11 is 0. The second kappa shape index (κ2) is 2.49. The molecule has 0 amide bonds. The van der Waals surface area contributed by atoms with E-state index in [-0.39, 0.29) is 0 Å². The van der Waals surface area contributed by atoms with Crippen LogP contribution in [0.2, 0.25) is 0 Å². The molecule has 64 valence electrons. The first-order valence-electron chi connectivity index (χ1n) is 3.84. The number of rotatable bonds is 0. The summed E-state index contributed by atoms with van der Waals surface area (Å²) in [5.74, 6) is 0. The lowest BCUT2D eigenvalue weighted by atomic mass is 10.2. The van der Waals surface area contributed by atoms with Gasteiger partial charge in [-0.2, -0.15) is 10.4 Å². The fraction of sp³-hybridized carbons (Fsp3) is 0.111. The summed E-state index contributed by atoms with van der Waals surface area (Å²) in [6.07, 6.45) is 0. The van der Waals surface area contributed by atoms with Crippen molar-refractivity contribution in [3.05, 3.63) is 23.9 Å². The van der Waals surface area contributed by atoms with Crippen molar-refractivity contribution in [1.29, 1.82) is 5.26 Å². The molecule has 0 atom stereocenters. The topological polar surface area (TPSA) is 67.6 Å². The fourth-order valence-corrected chi connectivity index (χ4v) is 1.36. The van der Waals surface area contributed by atoms with Crippen LogP contribution in [0.25, 0.3) is 10.9 Å². The Kier molecular flexibility index (Phi) is 1.46. The average molecular weight is 172 g/mol. The molecule has 0 radical (unpaired) electrons. The molecule has 2 N–H and O–H groups in total. The summed E-state index contributed by atoms with van der Waals surface area (Å²) in [5, 5.41) is 13.7. The van der Waals surface area contributed by atoms with Crippen molar-refractivity contribution in [1.82, 2.24) is 9.78 Å². The Hall–Kier alpha value is -2.02. The van der Waals surface area contributed by atoms with Gasteiger partial charge in [0.25, 0.3) is 0 Å². The fourth-order valence-electron chi connectivity index (χ4n) is 1.36. The molecular weight excluding hydrogens is 164 g/mol. The van der Waals surface area contributed by atoms with Gasteiger partial charge in [0.05, 0.1) is 5.52 Å². The van der Waals surface area contributed by atoms with Gasteiger partial charge in [-0.05, 0) is 18.2 Å². The van der Waals surface area contributed by atoms with Gasteiger partial charge in [-0.15, -0.1) is 0 Å². The van der Waals surface area contributed by atoms with Crippen molar-refractivity contribution in [2.45, 2.75) is 0 Å². The predicted molar refractivity (Wildman–Crippen MR) is 49.8 cm³/mol. The molecule has 2 aromatic rings. The minimum absolute atomic E-state index is 0.442. The molecule has 4 heteroatoms. The van der Waals surface area contributed by atoms with Crippen molar-refractivity contribution >= 4 is 16.6 Å². The predicted octanol–water partition coefficient (Wildman–Crippen LogP) is 1.03. The number of nitrogens with two attached hydrogens (primary N) is 1. The minimum Gasteiger partial charge on any atom is -0.399 e. The van der Waals surface area contributed by atoms with Crippen LogP contribution in [0.15, 0.2) is 18.2 Å². The summed E-state index contributed by atoms with van der Waals surface area (Å²) in [5.41, 5.74) is 7.63. The van der Waals surface area contributed by atoms with Crippen LogP contribution in [0.3, 0.4) is 0 Å². The van der Waals surface area contributed by atoms with Gasteiger partial charge >= 0.3 is 0 Å². The highest BCUT2D eigenvalue weighted by atomic mass is 15.3. The van der Waals surface area contributed by atoms with E-state index in [0.29, 0.717) is 11.4 Å². The van der Waals surface area contributed by atoms with Gasteiger partial charge in [0.1, 0.15) is 6.07 Å². The van der Waals surface area contributed by atoms with Crippen LogP contribution in [0, 0.1) is 11.3 Å². The molecule has 0 aliphatic heterocycles. The van der Waals surface area contributed by atoms with Gasteiger partial charge < -0.3 is 5.73 Å². The molecular formula is C9H8N4. The Morgan fingerprint density at radius 2 is 2.31 bits per heavy atom. The van der Waals surface area contributed by atoms with Crippen molar-refractivity contribution in [3.63, 3.8) is 0 Å². The smallest absolute Gasteiger partial charge is 0.170 e. The highest BCUT2D eigenvalue weighted by Crippen LogP contribution is 2.19. The lowest BCUT2D eigenvalue weighted by Gasteiger charge is -1.94. The first-order chi connectivity index (χ1) is 6.22. The Bertz CT molecular complexity index is 504. The standard InChI is InChI=1S/C9H8N4/c1-13-9-4-6(11)2-3-7(9)8(5-10)12-13/h2-4H,11H2,1H3. The molecule has 0 bridgehead atoms. The van der Waals surface area contributed by atoms with Crippen LogP contribution >= 0.6 is 0 Å². The molecule has 0 saturated carbocycles. The molecule has 1 heterocycles. The number of nitrogens with zero attached hydrogens (tertiary/aromatic N) is 3. The van der Waals surface area contributed by atoms with E-state index >= 15 is 0 Å². The average Bonchev–Trinajstić information content (AvgIpc) is 2.43. The zero-order valence-electron chi connectivity index (χ0n) is 7.15. The molecule has 4 nitrogen and oxygen atoms in total. The van der Waals surface area contributed by atoms with Crippen LogP contribution in [0.5, 0.6) is 0 Å². The third-order valence-corrected chi connectivity index (χ3v) is 1.98. The summed E-state index contributed by atoms with van der Waals surface area (Å²) in [6, 6.07) is 7.43. The number of hydrogen-bond donors (Lipinski definition) is 1. The van der Waals surface area contributed by atoms with Gasteiger partial charge in [0.2, 0.25) is 0 Å². The van der Waals surface area contributed by atoms with Gasteiger partial charge in [0.15, 0.2) is 5.69 Å². The SMILES string of the molecule is Cn1nc(C#N)c2ccc(N)cc21. The molecule has 0 fully saturated rings. The second-order valence-corrected chi connectivity index (χ2v) is 2.86. The molecule has 0 unspecified atom stereocenters. The Balaban J connectivity index is 2.90. The lowest BCUT2D eigenvalue weighted by Crippen LogP contribution is -1.90. The Labute approximate surface area is 75.2 Å². The number of aryl methyl sites for hydroxylation is 1. The van der Waals surface area contributed by atoms with E-state index in [0.717, 1.165) is 10.9 Å². The van der Waals surface area contributed by atoms with Crippen molar-refractivity contribution in [2.24, 2.45) is 7.05 Å². The van der Waals surface area contributed by atoms with Gasteiger partial charge in [0, 0.05) is 18.1 Å². The van der Waals surface area contributed by atoms with Crippen molar-refractivity contribution in [2.75, 3.05) is 5.73 Å². The van der Waals surface area contributed by atoms with Crippen molar-refractivity contribution < 1.29 is 0 Å². The van der Waals surface area contributed by atoms with E-state index in [2.05, 4.69) is 5.10 Å². The third kappa shape index (κ3) is 1.02. The maximum Gasteiger partial charge on any atom is 0.170 e. The maximum atomic E-state index is 8.76. The molecule has 13 heavy (non-hydrogen) atoms. The number of aromatic nitrogens is 2. The number of hydrogen-bond acceptors (Lipinski definition) is 3. The summed E-state index contributed by atoms with van der Waals surface area (Å²) in [6.45, 7) is 0. The minimum atomic E-state index is 0.442. The van der Waals surface area contributed by atoms with Crippen LogP contribution in [0.4, 0.5) is 5.69 Å². The van der Waals surface area contributed by atoms with E-state index in [4.69, 9.17) is 11.0 Å². The summed E-state index contributed by atoms with van der Waals surface area (Å²) < 4.78 is 1.66. The lowest BCUT2D eigenvalue weighted by molar-refractivity contribution is 0.791. The van der Waals surface area contributed by atoms with E-state index in [1.54, 1.807) is 17.8 Å². The molecule has 0 aliphatic rings. The number of fused-ring (bicyclic) bond motifs is 1. The molecule has 1 aromatic carbocycles. The highest BCUT2D eigenvalue weighted by molar-refractivity contribution is 5.86. The van der Waals surface area contributed by atoms with E-state index < -0.39 is 0 Å². The van der Waals surface area contributed by atoms with Crippen LogP contribution in [0.1, 0.15) is 5.69 Å². The van der Waals surface area contributed by atoms with Crippen LogP contribution in [-0.2, 0) is 7.05 Å². The number of nitriles is 1. The zero-order valence-corrected chi connectivity index (χ0v) is 7.15. The highest BCUT2D eigenvalue weighted by Gasteiger charge is 2.06. The molecule has 0 spiro atoms. The Morgan fingerprint density at radius 1 is 1.54 bits per heavy atom. The maximum absolute atomic E-state index is 8.76. The van der Waals surface area contributed by atoms with Crippen LogP contribution in [-0.4, -0.2) is 9.78 Å². The summed E-state index contributed by atoms with van der Waals surface area (Å²) in [4.78, 5) is 0. The number of benzene rings is 1. The largest absolute Gasteiger partial charge is 0.399 e. The van der Waals surface area contributed by atoms with Gasteiger partial charge in [-0.1, -0.05) is 0 Å². The van der Waals surface area contributed by atoms with E-state index in [9.17, 15) is 0 Å². The quantitative estimate of drug-likeness (QED) is 0.603. The molecule has 1 aromatic heterocycles. The first kappa shape index (κ1) is 7.62. The van der Waals surface area contributed by atoms with Gasteiger partial charge in [-0.3, -0.25) is 4.68 Å². The van der Waals surface area contributed by atoms with Gasteiger partial charge in [-0.25, -0.2) is 0 Å². The second-order valence-electron chi connectivity index (χ2n) is 2.86. The van der Waals surface area contributed by atoms with E-state index in [1.165, 1.54) is 0 Å². The first-order valence-corrected chi connectivity index (χ1v) is 3.84. The monoisotopic (exact) mass is 172 g/mol. The molecule has 0 aliphatic carbocycles. The normalized spacial score (nSPS) is 10.2. The van der Waals surface area contributed by atoms with Crippen LogP contribution < -0.4 is 5.73 Å². The van der Waals surface area contributed by atoms with Crippen molar-refractivity contribution in [3.8, 4) is 6.07 Å². The molecule has 0 saturated heterocycles. The van der Waals surface area contributed by atoms with E-state index in [1.807, 2.05) is 18.2 Å². The third-order valence-electron chi connectivity index (χ3n) is 1.98. The number of nitrogen functional groups attached to an aromatic ring is 1. The Morgan fingerprint density at radius 3 is 3.00 bits per heavy atom. The molecule has 2 rings (SSSR count). The zero-order chi connectivity index (χ0) is 9.42.